The molecule has 0 saturated carbocycles. The minimum atomic E-state index is -4.15. The van der Waals surface area contributed by atoms with E-state index in [1.165, 1.54) is 12.1 Å². The summed E-state index contributed by atoms with van der Waals surface area (Å²) < 4.78 is 36.7. The Bertz CT molecular complexity index is 565. The van der Waals surface area contributed by atoms with Crippen LogP contribution < -0.4 is 10.0 Å². The fourth-order valence-corrected chi connectivity index (χ4v) is 2.09. The van der Waals surface area contributed by atoms with Gasteiger partial charge in [-0.15, -0.1) is 0 Å². The lowest BCUT2D eigenvalue weighted by molar-refractivity contribution is 0.256. The highest BCUT2D eigenvalue weighted by molar-refractivity contribution is 8.12. The van der Waals surface area contributed by atoms with Crippen LogP contribution in [0.2, 0.25) is 0 Å². The highest BCUT2D eigenvalue weighted by Crippen LogP contribution is 2.21. The molecule has 0 heterocycles. The van der Waals surface area contributed by atoms with Crippen LogP contribution in [-0.2, 0) is 22.1 Å². The molecule has 0 aromatic heterocycles. The molecule has 0 bridgehead atoms. The predicted octanol–water partition coefficient (Wildman–Crippen LogP) is 2.56. The first-order valence-electron chi connectivity index (χ1n) is 5.61. The molecule has 106 valence electrons. The van der Waals surface area contributed by atoms with Crippen LogP contribution in [0.25, 0.3) is 0 Å². The van der Waals surface area contributed by atoms with Crippen LogP contribution in [0.4, 0.5) is 14.9 Å². The first-order chi connectivity index (χ1) is 8.76. The van der Waals surface area contributed by atoms with Gasteiger partial charge >= 0.3 is 15.3 Å². The maximum Gasteiger partial charge on any atom is 0.333 e. The van der Waals surface area contributed by atoms with Gasteiger partial charge in [0.2, 0.25) is 0 Å². The average molecular weight is 309 g/mol. The standard InChI is InChI=1S/C11H14ClFN2O3S/c1-3-7-5-9(6-8(4-2)10(7)13)14-11(16)15-19(12,17)18/h5-6H,3-4H2,1-2H3,(H2,14,15,16). The predicted molar refractivity (Wildman–Crippen MR) is 72.1 cm³/mol. The van der Waals surface area contributed by atoms with Crippen LogP contribution >= 0.6 is 10.7 Å². The minimum absolute atomic E-state index is 0.305. The second kappa shape index (κ2) is 6.21. The van der Waals surface area contributed by atoms with E-state index in [1.54, 1.807) is 18.6 Å². The summed E-state index contributed by atoms with van der Waals surface area (Å²) >= 11 is 0. The summed E-state index contributed by atoms with van der Waals surface area (Å²) in [6.45, 7) is 3.57. The van der Waals surface area contributed by atoms with Crippen molar-refractivity contribution in [2.45, 2.75) is 26.7 Å². The van der Waals surface area contributed by atoms with Gasteiger partial charge in [0.25, 0.3) is 0 Å². The number of amides is 2. The molecule has 0 atom stereocenters. The van der Waals surface area contributed by atoms with Crippen LogP contribution in [0.15, 0.2) is 12.1 Å². The number of hydrogen-bond donors (Lipinski definition) is 2. The molecule has 2 amide bonds. The Labute approximate surface area is 115 Å². The summed E-state index contributed by atoms with van der Waals surface area (Å²) in [4.78, 5) is 11.3. The number of anilines is 1. The lowest BCUT2D eigenvalue weighted by Gasteiger charge is -2.11. The topological polar surface area (TPSA) is 75.3 Å². The molecule has 0 aliphatic heterocycles. The summed E-state index contributed by atoms with van der Waals surface area (Å²) in [6, 6.07) is 1.91. The SMILES string of the molecule is CCc1cc(NC(=O)NS(=O)(=O)Cl)cc(CC)c1F. The van der Waals surface area contributed by atoms with E-state index in [4.69, 9.17) is 10.7 Å². The van der Waals surface area contributed by atoms with Gasteiger partial charge in [0, 0.05) is 16.4 Å². The molecule has 1 aromatic rings. The minimum Gasteiger partial charge on any atom is -0.307 e. The van der Waals surface area contributed by atoms with E-state index in [-0.39, 0.29) is 5.82 Å². The van der Waals surface area contributed by atoms with Crippen molar-refractivity contribution < 1.29 is 17.6 Å². The van der Waals surface area contributed by atoms with Gasteiger partial charge < -0.3 is 5.32 Å². The third-order valence-corrected chi connectivity index (χ3v) is 3.12. The molecule has 19 heavy (non-hydrogen) atoms. The maximum absolute atomic E-state index is 13.8. The lowest BCUT2D eigenvalue weighted by atomic mass is 10.0. The fraction of sp³-hybridized carbons (Fsp3) is 0.364. The van der Waals surface area contributed by atoms with Crippen LogP contribution in [0.5, 0.6) is 0 Å². The summed E-state index contributed by atoms with van der Waals surface area (Å²) in [5.41, 5.74) is 1.21. The molecule has 0 aliphatic rings. The zero-order valence-corrected chi connectivity index (χ0v) is 12.0. The molecule has 8 heteroatoms. The number of carbonyl (C=O) groups excluding carboxylic acids is 1. The average Bonchev–Trinajstić information content (AvgIpc) is 2.28. The normalized spacial score (nSPS) is 11.2. The van der Waals surface area contributed by atoms with Crippen molar-refractivity contribution in [1.29, 1.82) is 0 Å². The van der Waals surface area contributed by atoms with Crippen molar-refractivity contribution in [1.82, 2.24) is 4.72 Å². The molecule has 0 unspecified atom stereocenters. The fourth-order valence-electron chi connectivity index (χ4n) is 1.60. The molecule has 1 aromatic carbocycles. The first-order valence-corrected chi connectivity index (χ1v) is 7.92. The highest BCUT2D eigenvalue weighted by Gasteiger charge is 2.13. The van der Waals surface area contributed by atoms with Crippen molar-refractivity contribution in [2.75, 3.05) is 5.32 Å². The summed E-state index contributed by atoms with van der Waals surface area (Å²) in [5, 5.41) is 2.29. The largest absolute Gasteiger partial charge is 0.333 e. The smallest absolute Gasteiger partial charge is 0.307 e. The van der Waals surface area contributed by atoms with Gasteiger partial charge in [-0.05, 0) is 36.1 Å². The second-order valence-electron chi connectivity index (χ2n) is 3.81. The van der Waals surface area contributed by atoms with Crippen LogP contribution in [-0.4, -0.2) is 14.4 Å². The highest BCUT2D eigenvalue weighted by atomic mass is 35.7. The Morgan fingerprint density at radius 2 is 1.74 bits per heavy atom. The van der Waals surface area contributed by atoms with E-state index in [9.17, 15) is 17.6 Å². The Balaban J connectivity index is 2.99. The third-order valence-electron chi connectivity index (χ3n) is 2.46. The molecule has 0 aliphatic carbocycles. The second-order valence-corrected chi connectivity index (χ2v) is 6.11. The Morgan fingerprint density at radius 1 is 1.26 bits per heavy atom. The van der Waals surface area contributed by atoms with Crippen LogP contribution in [0.1, 0.15) is 25.0 Å². The molecule has 0 fully saturated rings. The number of halogens is 2. The van der Waals surface area contributed by atoms with Gasteiger partial charge in [0.15, 0.2) is 0 Å². The number of rotatable bonds is 4. The van der Waals surface area contributed by atoms with Crippen molar-refractivity contribution in [2.24, 2.45) is 0 Å². The van der Waals surface area contributed by atoms with Gasteiger partial charge in [-0.2, -0.15) is 8.42 Å². The Kier molecular flexibility index (Phi) is 5.13. The maximum atomic E-state index is 13.8. The lowest BCUT2D eigenvalue weighted by Crippen LogP contribution is -2.31. The van der Waals surface area contributed by atoms with E-state index < -0.39 is 15.3 Å². The Hall–Kier alpha value is -1.34. The molecular weight excluding hydrogens is 295 g/mol. The number of carbonyl (C=O) groups is 1. The Morgan fingerprint density at radius 3 is 2.11 bits per heavy atom. The molecular formula is C11H14ClFN2O3S. The monoisotopic (exact) mass is 308 g/mol. The molecule has 1 rings (SSSR count). The molecule has 2 N–H and O–H groups in total. The van der Waals surface area contributed by atoms with E-state index in [1.807, 2.05) is 0 Å². The molecule has 0 saturated heterocycles. The quantitative estimate of drug-likeness (QED) is 0.839. The number of aryl methyl sites for hydroxylation is 2. The summed E-state index contributed by atoms with van der Waals surface area (Å²) in [7, 11) is 0.730. The zero-order valence-electron chi connectivity index (χ0n) is 10.5. The first kappa shape index (κ1) is 15.7. The van der Waals surface area contributed by atoms with Gasteiger partial charge in [0.05, 0.1) is 0 Å². The van der Waals surface area contributed by atoms with E-state index in [0.29, 0.717) is 29.7 Å². The van der Waals surface area contributed by atoms with Crippen molar-refractivity contribution in [3.05, 3.63) is 29.1 Å². The van der Waals surface area contributed by atoms with Crippen molar-refractivity contribution in [3.8, 4) is 0 Å². The van der Waals surface area contributed by atoms with E-state index >= 15 is 0 Å². The number of urea groups is 1. The van der Waals surface area contributed by atoms with Crippen molar-refractivity contribution >= 4 is 31.6 Å². The summed E-state index contributed by atoms with van der Waals surface area (Å²) in [5.74, 6) is -0.305. The van der Waals surface area contributed by atoms with Gasteiger partial charge in [0.1, 0.15) is 5.82 Å². The number of benzene rings is 1. The van der Waals surface area contributed by atoms with Crippen molar-refractivity contribution in [3.63, 3.8) is 0 Å². The number of nitrogens with one attached hydrogen (secondary N) is 2. The van der Waals surface area contributed by atoms with E-state index in [2.05, 4.69) is 5.32 Å². The molecule has 0 radical (unpaired) electrons. The van der Waals surface area contributed by atoms with Gasteiger partial charge in [-0.3, -0.25) is 0 Å². The number of hydrogen-bond acceptors (Lipinski definition) is 3. The van der Waals surface area contributed by atoms with E-state index in [0.717, 1.165) is 0 Å². The van der Waals surface area contributed by atoms with Crippen LogP contribution in [0.3, 0.4) is 0 Å². The zero-order chi connectivity index (χ0) is 14.6. The molecule has 5 nitrogen and oxygen atoms in total. The van der Waals surface area contributed by atoms with Crippen LogP contribution in [0, 0.1) is 5.82 Å². The van der Waals surface area contributed by atoms with Gasteiger partial charge in [-0.25, -0.2) is 13.9 Å². The third kappa shape index (κ3) is 4.68. The summed E-state index contributed by atoms with van der Waals surface area (Å²) in [6.07, 6.45) is 0.924. The molecule has 0 spiro atoms. The van der Waals surface area contributed by atoms with Gasteiger partial charge in [-0.1, -0.05) is 13.8 Å².